The van der Waals surface area contributed by atoms with E-state index in [0.717, 1.165) is 54.7 Å². The average Bonchev–Trinajstić information content (AvgIpc) is 3.13. The molecule has 1 amide bonds. The quantitative estimate of drug-likeness (QED) is 0.830. The topological polar surface area (TPSA) is 75.0 Å². The summed E-state index contributed by atoms with van der Waals surface area (Å²) < 4.78 is 0. The van der Waals surface area contributed by atoms with Gasteiger partial charge in [-0.3, -0.25) is 4.79 Å². The van der Waals surface area contributed by atoms with Crippen LogP contribution in [-0.2, 0) is 0 Å². The molecule has 0 unspecified atom stereocenters. The van der Waals surface area contributed by atoms with Gasteiger partial charge in [0.1, 0.15) is 11.3 Å². The van der Waals surface area contributed by atoms with Crippen molar-refractivity contribution in [1.29, 1.82) is 0 Å². The second-order valence-corrected chi connectivity index (χ2v) is 8.46. The van der Waals surface area contributed by atoms with Crippen LogP contribution in [0.15, 0.2) is 18.2 Å². The summed E-state index contributed by atoms with van der Waals surface area (Å²) in [6.45, 7) is 4.63. The Labute approximate surface area is 161 Å². The summed E-state index contributed by atoms with van der Waals surface area (Å²) in [4.78, 5) is 22.6. The minimum atomic E-state index is -0.410. The number of nitrogens with one attached hydrogen (secondary N) is 1. The largest absolute Gasteiger partial charge is 0.366 e. The third-order valence-corrected chi connectivity index (χ3v) is 6.74. The highest BCUT2D eigenvalue weighted by Crippen LogP contribution is 2.34. The molecule has 3 N–H and O–H groups in total. The number of carbonyl (C=O) groups is 1. The van der Waals surface area contributed by atoms with E-state index in [2.05, 4.69) is 16.8 Å². The smallest absolute Gasteiger partial charge is 0.250 e. The number of rotatable bonds is 5. The predicted molar refractivity (Wildman–Crippen MR) is 109 cm³/mol. The zero-order chi connectivity index (χ0) is 18.8. The van der Waals surface area contributed by atoms with Crippen LogP contribution < -0.4 is 5.73 Å². The van der Waals surface area contributed by atoms with Gasteiger partial charge in [0.2, 0.25) is 0 Å². The number of imidazole rings is 1. The fourth-order valence-corrected chi connectivity index (χ4v) is 5.19. The Kier molecular flexibility index (Phi) is 5.48. The number of nitrogens with zero attached hydrogens (tertiary/aromatic N) is 2. The molecule has 2 aliphatic rings. The molecule has 4 rings (SSSR count). The average molecular weight is 369 g/mol. The summed E-state index contributed by atoms with van der Waals surface area (Å²) in [5.74, 6) is 2.03. The number of amides is 1. The zero-order valence-corrected chi connectivity index (χ0v) is 16.4. The number of carbonyl (C=O) groups excluding carboxylic acids is 1. The molecule has 1 aliphatic heterocycles. The van der Waals surface area contributed by atoms with Crippen LogP contribution in [0.4, 0.5) is 0 Å². The molecule has 1 saturated heterocycles. The van der Waals surface area contributed by atoms with Gasteiger partial charge in [-0.25, -0.2) is 4.98 Å². The van der Waals surface area contributed by atoms with E-state index in [1.165, 1.54) is 38.5 Å². The van der Waals surface area contributed by atoms with Gasteiger partial charge in [-0.2, -0.15) is 0 Å². The van der Waals surface area contributed by atoms with Crippen molar-refractivity contribution in [3.05, 3.63) is 29.6 Å². The van der Waals surface area contributed by atoms with Gasteiger partial charge in [-0.15, -0.1) is 0 Å². The van der Waals surface area contributed by atoms with Crippen molar-refractivity contribution in [3.8, 4) is 0 Å². The fourth-order valence-electron chi connectivity index (χ4n) is 5.19. The predicted octanol–water partition coefficient (Wildman–Crippen LogP) is 4.20. The fraction of sp³-hybridized carbons (Fsp3) is 0.636. The van der Waals surface area contributed by atoms with E-state index in [9.17, 15) is 4.79 Å². The summed E-state index contributed by atoms with van der Waals surface area (Å²) >= 11 is 0. The van der Waals surface area contributed by atoms with Crippen LogP contribution in [0.25, 0.3) is 11.0 Å². The Morgan fingerprint density at radius 2 is 1.93 bits per heavy atom. The molecule has 0 bridgehead atoms. The molecular formula is C22H32N4O. The van der Waals surface area contributed by atoms with Crippen LogP contribution in [0.5, 0.6) is 0 Å². The second-order valence-electron chi connectivity index (χ2n) is 8.46. The summed E-state index contributed by atoms with van der Waals surface area (Å²) in [6, 6.07) is 6.38. The van der Waals surface area contributed by atoms with Crippen molar-refractivity contribution in [2.24, 2.45) is 11.7 Å². The van der Waals surface area contributed by atoms with Gasteiger partial charge in [0, 0.05) is 12.0 Å². The number of benzene rings is 1. The first-order valence-corrected chi connectivity index (χ1v) is 10.7. The third-order valence-electron chi connectivity index (χ3n) is 6.74. The zero-order valence-electron chi connectivity index (χ0n) is 16.4. The summed E-state index contributed by atoms with van der Waals surface area (Å²) in [6.07, 6.45) is 10.6. The summed E-state index contributed by atoms with van der Waals surface area (Å²) in [5, 5.41) is 0. The van der Waals surface area contributed by atoms with Crippen molar-refractivity contribution in [1.82, 2.24) is 14.9 Å². The molecule has 0 atom stereocenters. The monoisotopic (exact) mass is 368 g/mol. The van der Waals surface area contributed by atoms with E-state index < -0.39 is 5.91 Å². The number of primary amides is 1. The Balaban J connectivity index is 1.38. The van der Waals surface area contributed by atoms with Gasteiger partial charge in [-0.1, -0.05) is 25.8 Å². The van der Waals surface area contributed by atoms with Gasteiger partial charge >= 0.3 is 0 Å². The SMILES string of the molecule is CCC[C@H]1CC[C@H](N2CCC(c3nc4c(C(N)=O)cccc4[nH]3)CC2)CC1. The number of aromatic amines is 1. The number of para-hydroxylation sites is 1. The lowest BCUT2D eigenvalue weighted by Gasteiger charge is -2.40. The van der Waals surface area contributed by atoms with Crippen LogP contribution in [-0.4, -0.2) is 39.9 Å². The number of nitrogens with two attached hydrogens (primary N) is 1. The standard InChI is InChI=1S/C22H32N4O/c1-2-4-15-7-9-17(10-8-15)26-13-11-16(12-14-26)22-24-19-6-3-5-18(21(23)27)20(19)25-22/h3,5-6,15-17H,2,4,7-14H2,1H3,(H2,23,27)(H,24,25)/t15-,17-. The highest BCUT2D eigenvalue weighted by atomic mass is 16.1. The van der Waals surface area contributed by atoms with E-state index >= 15 is 0 Å². The first-order valence-electron chi connectivity index (χ1n) is 10.7. The lowest BCUT2D eigenvalue weighted by Crippen LogP contribution is -2.42. The Morgan fingerprint density at radius 3 is 2.59 bits per heavy atom. The first-order chi connectivity index (χ1) is 13.2. The Bertz CT molecular complexity index is 783. The molecule has 1 aromatic carbocycles. The third kappa shape index (κ3) is 3.88. The molecule has 5 nitrogen and oxygen atoms in total. The first kappa shape index (κ1) is 18.5. The Hall–Kier alpha value is -1.88. The normalized spacial score (nSPS) is 25.1. The summed E-state index contributed by atoms with van der Waals surface area (Å²) in [5.41, 5.74) is 7.64. The van der Waals surface area contributed by atoms with E-state index in [1.54, 1.807) is 6.07 Å². The molecule has 0 spiro atoms. The second kappa shape index (κ2) is 8.01. The minimum absolute atomic E-state index is 0.410. The molecule has 5 heteroatoms. The number of H-pyrrole nitrogens is 1. The Morgan fingerprint density at radius 1 is 1.19 bits per heavy atom. The van der Waals surface area contributed by atoms with Crippen LogP contribution in [0.3, 0.4) is 0 Å². The number of hydrogen-bond donors (Lipinski definition) is 2. The highest BCUT2D eigenvalue weighted by molar-refractivity contribution is 6.04. The van der Waals surface area contributed by atoms with E-state index in [1.807, 2.05) is 12.1 Å². The van der Waals surface area contributed by atoms with Crippen LogP contribution >= 0.6 is 0 Å². The lowest BCUT2D eigenvalue weighted by atomic mass is 9.82. The van der Waals surface area contributed by atoms with Crippen molar-refractivity contribution in [2.45, 2.75) is 70.3 Å². The molecule has 2 heterocycles. The van der Waals surface area contributed by atoms with Gasteiger partial charge in [0.15, 0.2) is 0 Å². The number of aromatic nitrogens is 2. The minimum Gasteiger partial charge on any atom is -0.366 e. The molecule has 1 aliphatic carbocycles. The number of piperidine rings is 1. The lowest BCUT2D eigenvalue weighted by molar-refractivity contribution is 0.100. The van der Waals surface area contributed by atoms with Gasteiger partial charge < -0.3 is 15.6 Å². The van der Waals surface area contributed by atoms with Crippen LogP contribution in [0.2, 0.25) is 0 Å². The molecule has 2 aromatic rings. The van der Waals surface area contributed by atoms with Crippen molar-refractivity contribution >= 4 is 16.9 Å². The van der Waals surface area contributed by atoms with E-state index in [-0.39, 0.29) is 0 Å². The molecular weight excluding hydrogens is 336 g/mol. The van der Waals surface area contributed by atoms with Crippen molar-refractivity contribution < 1.29 is 4.79 Å². The molecule has 2 fully saturated rings. The molecule has 27 heavy (non-hydrogen) atoms. The van der Waals surface area contributed by atoms with Crippen molar-refractivity contribution in [3.63, 3.8) is 0 Å². The molecule has 146 valence electrons. The molecule has 1 aromatic heterocycles. The number of hydrogen-bond acceptors (Lipinski definition) is 3. The summed E-state index contributed by atoms with van der Waals surface area (Å²) in [7, 11) is 0. The highest BCUT2D eigenvalue weighted by Gasteiger charge is 2.30. The number of likely N-dealkylation sites (tertiary alicyclic amines) is 1. The maximum Gasteiger partial charge on any atom is 0.250 e. The molecule has 1 saturated carbocycles. The maximum absolute atomic E-state index is 11.6. The van der Waals surface area contributed by atoms with Gasteiger partial charge in [0.25, 0.3) is 5.91 Å². The van der Waals surface area contributed by atoms with Crippen LogP contribution in [0.1, 0.15) is 80.4 Å². The molecule has 0 radical (unpaired) electrons. The van der Waals surface area contributed by atoms with Crippen LogP contribution in [0, 0.1) is 5.92 Å². The van der Waals surface area contributed by atoms with Crippen molar-refractivity contribution in [2.75, 3.05) is 13.1 Å². The van der Waals surface area contributed by atoms with Gasteiger partial charge in [0.05, 0.1) is 11.1 Å². The number of fused-ring (bicyclic) bond motifs is 1. The van der Waals surface area contributed by atoms with Gasteiger partial charge in [-0.05, 0) is 69.7 Å². The van der Waals surface area contributed by atoms with E-state index in [4.69, 9.17) is 10.7 Å². The van der Waals surface area contributed by atoms with E-state index in [0.29, 0.717) is 11.5 Å². The maximum atomic E-state index is 11.6.